The summed E-state index contributed by atoms with van der Waals surface area (Å²) in [5.41, 5.74) is 1.50. The Kier molecular flexibility index (Phi) is 5.96. The van der Waals surface area contributed by atoms with E-state index >= 15 is 0 Å². The third kappa shape index (κ3) is 4.70. The van der Waals surface area contributed by atoms with E-state index in [9.17, 15) is 19.2 Å². The molecule has 0 aliphatic carbocycles. The topological polar surface area (TPSA) is 92.8 Å². The van der Waals surface area contributed by atoms with Crippen molar-refractivity contribution in [2.24, 2.45) is 0 Å². The Labute approximate surface area is 161 Å². The predicted molar refractivity (Wildman–Crippen MR) is 102 cm³/mol. The van der Waals surface area contributed by atoms with Gasteiger partial charge in [0, 0.05) is 18.7 Å². The second-order valence-corrected chi connectivity index (χ2v) is 6.06. The number of hydrogen-bond donors (Lipinski definition) is 1. The van der Waals surface area contributed by atoms with Gasteiger partial charge in [0.2, 0.25) is 0 Å². The smallest absolute Gasteiger partial charge is 0.338 e. The Morgan fingerprint density at radius 3 is 2.36 bits per heavy atom. The van der Waals surface area contributed by atoms with Crippen molar-refractivity contribution in [2.75, 3.05) is 18.1 Å². The van der Waals surface area contributed by atoms with Gasteiger partial charge in [0.1, 0.15) is 0 Å². The molecule has 0 spiro atoms. The largest absolute Gasteiger partial charge is 0.452 e. The zero-order valence-electron chi connectivity index (χ0n) is 15.0. The summed E-state index contributed by atoms with van der Waals surface area (Å²) < 4.78 is 5.01. The average Bonchev–Trinajstić information content (AvgIpc) is 3.05. The SMILES string of the molecule is O=C(COC(=O)c1cccc(N2C(=O)C=CC2=O)c1)NCCc1ccccc1. The lowest BCUT2D eigenvalue weighted by molar-refractivity contribution is -0.124. The van der Waals surface area contributed by atoms with E-state index in [2.05, 4.69) is 5.32 Å². The van der Waals surface area contributed by atoms with Crippen LogP contribution in [0.4, 0.5) is 5.69 Å². The van der Waals surface area contributed by atoms with Crippen LogP contribution in [0.3, 0.4) is 0 Å². The Morgan fingerprint density at radius 1 is 0.929 bits per heavy atom. The quantitative estimate of drug-likeness (QED) is 0.584. The van der Waals surface area contributed by atoms with Gasteiger partial charge < -0.3 is 10.1 Å². The normalized spacial score (nSPS) is 12.9. The highest BCUT2D eigenvalue weighted by molar-refractivity contribution is 6.28. The number of nitrogens with zero attached hydrogens (tertiary/aromatic N) is 1. The van der Waals surface area contributed by atoms with Crippen LogP contribution in [0, 0.1) is 0 Å². The van der Waals surface area contributed by atoms with Crippen molar-refractivity contribution in [3.8, 4) is 0 Å². The van der Waals surface area contributed by atoms with Crippen LogP contribution >= 0.6 is 0 Å². The highest BCUT2D eigenvalue weighted by Crippen LogP contribution is 2.20. The second kappa shape index (κ2) is 8.77. The van der Waals surface area contributed by atoms with Gasteiger partial charge in [-0.3, -0.25) is 14.4 Å². The molecule has 0 aromatic heterocycles. The van der Waals surface area contributed by atoms with Crippen molar-refractivity contribution in [3.05, 3.63) is 77.9 Å². The van der Waals surface area contributed by atoms with Gasteiger partial charge in [-0.05, 0) is 30.2 Å². The molecule has 28 heavy (non-hydrogen) atoms. The molecule has 1 aliphatic heterocycles. The van der Waals surface area contributed by atoms with E-state index in [1.54, 1.807) is 0 Å². The lowest BCUT2D eigenvalue weighted by Crippen LogP contribution is -2.31. The third-order valence-electron chi connectivity index (χ3n) is 4.06. The molecule has 0 fully saturated rings. The molecule has 2 aromatic rings. The number of carbonyl (C=O) groups excluding carboxylic acids is 4. The Bertz CT molecular complexity index is 919. The summed E-state index contributed by atoms with van der Waals surface area (Å²) in [4.78, 5) is 48.4. The molecule has 7 nitrogen and oxygen atoms in total. The number of imide groups is 1. The summed E-state index contributed by atoms with van der Waals surface area (Å²) in [5.74, 6) is -2.08. The Hall–Kier alpha value is -3.74. The molecule has 0 atom stereocenters. The number of rotatable bonds is 7. The number of benzene rings is 2. The maximum Gasteiger partial charge on any atom is 0.338 e. The molecular weight excluding hydrogens is 360 g/mol. The molecule has 0 radical (unpaired) electrons. The molecule has 0 bridgehead atoms. The minimum Gasteiger partial charge on any atom is -0.452 e. The van der Waals surface area contributed by atoms with Crippen LogP contribution in [-0.2, 0) is 25.5 Å². The number of nitrogens with one attached hydrogen (secondary N) is 1. The van der Waals surface area contributed by atoms with E-state index in [0.717, 1.165) is 22.6 Å². The molecule has 3 amide bonds. The van der Waals surface area contributed by atoms with E-state index in [1.165, 1.54) is 24.3 Å². The van der Waals surface area contributed by atoms with Gasteiger partial charge in [-0.2, -0.15) is 0 Å². The number of anilines is 1. The number of hydrogen-bond acceptors (Lipinski definition) is 5. The summed E-state index contributed by atoms with van der Waals surface area (Å²) in [6, 6.07) is 15.6. The van der Waals surface area contributed by atoms with Crippen molar-refractivity contribution < 1.29 is 23.9 Å². The molecule has 0 saturated carbocycles. The summed E-state index contributed by atoms with van der Waals surface area (Å²) in [7, 11) is 0. The van der Waals surface area contributed by atoms with E-state index < -0.39 is 30.3 Å². The van der Waals surface area contributed by atoms with Crippen molar-refractivity contribution in [2.45, 2.75) is 6.42 Å². The molecule has 2 aromatic carbocycles. The minimum absolute atomic E-state index is 0.141. The summed E-state index contributed by atoms with van der Waals surface area (Å²) >= 11 is 0. The monoisotopic (exact) mass is 378 g/mol. The van der Waals surface area contributed by atoms with Crippen LogP contribution in [0.15, 0.2) is 66.7 Å². The van der Waals surface area contributed by atoms with Gasteiger partial charge in [0.25, 0.3) is 17.7 Å². The average molecular weight is 378 g/mol. The zero-order valence-corrected chi connectivity index (χ0v) is 15.0. The van der Waals surface area contributed by atoms with Crippen molar-refractivity contribution in [3.63, 3.8) is 0 Å². The fourth-order valence-electron chi connectivity index (χ4n) is 2.68. The minimum atomic E-state index is -0.716. The second-order valence-electron chi connectivity index (χ2n) is 6.06. The van der Waals surface area contributed by atoms with Gasteiger partial charge in [-0.1, -0.05) is 36.4 Å². The van der Waals surface area contributed by atoms with Gasteiger partial charge >= 0.3 is 5.97 Å². The lowest BCUT2D eigenvalue weighted by Gasteiger charge is -2.14. The highest BCUT2D eigenvalue weighted by Gasteiger charge is 2.25. The molecule has 3 rings (SSSR count). The first-order valence-corrected chi connectivity index (χ1v) is 8.68. The maximum absolute atomic E-state index is 12.2. The van der Waals surface area contributed by atoms with Crippen LogP contribution < -0.4 is 10.2 Å². The summed E-state index contributed by atoms with van der Waals surface area (Å²) in [6.45, 7) is 0.0169. The van der Waals surface area contributed by atoms with Crippen LogP contribution in [0.25, 0.3) is 0 Å². The fraction of sp³-hybridized carbons (Fsp3) is 0.143. The van der Waals surface area contributed by atoms with E-state index in [4.69, 9.17) is 4.74 Å². The van der Waals surface area contributed by atoms with E-state index in [0.29, 0.717) is 13.0 Å². The Morgan fingerprint density at radius 2 is 1.64 bits per heavy atom. The maximum atomic E-state index is 12.2. The molecule has 142 valence electrons. The van der Waals surface area contributed by atoms with E-state index in [1.807, 2.05) is 30.3 Å². The standard InChI is InChI=1S/C21H18N2O5/c24-18(22-12-11-15-5-2-1-3-6-15)14-28-21(27)16-7-4-8-17(13-16)23-19(25)9-10-20(23)26/h1-10,13H,11-12,14H2,(H,22,24). The van der Waals surface area contributed by atoms with Crippen LogP contribution in [0.1, 0.15) is 15.9 Å². The van der Waals surface area contributed by atoms with Crippen LogP contribution in [-0.4, -0.2) is 36.8 Å². The summed E-state index contributed by atoms with van der Waals surface area (Å²) in [6.07, 6.45) is 2.99. The molecular formula is C21H18N2O5. The first-order chi connectivity index (χ1) is 13.5. The molecule has 7 heteroatoms. The van der Waals surface area contributed by atoms with Gasteiger partial charge in [-0.15, -0.1) is 0 Å². The van der Waals surface area contributed by atoms with Crippen molar-refractivity contribution in [1.82, 2.24) is 5.32 Å². The first kappa shape index (κ1) is 19.0. The highest BCUT2D eigenvalue weighted by atomic mass is 16.5. The number of esters is 1. The first-order valence-electron chi connectivity index (χ1n) is 8.68. The van der Waals surface area contributed by atoms with Crippen molar-refractivity contribution >= 4 is 29.4 Å². The third-order valence-corrected chi connectivity index (χ3v) is 4.06. The lowest BCUT2D eigenvalue weighted by atomic mass is 10.1. The number of carbonyl (C=O) groups is 4. The summed E-state index contributed by atoms with van der Waals surface area (Å²) in [5, 5.41) is 2.68. The predicted octanol–water partition coefficient (Wildman–Crippen LogP) is 1.63. The fourth-order valence-corrected chi connectivity index (χ4v) is 2.68. The van der Waals surface area contributed by atoms with Crippen LogP contribution in [0.2, 0.25) is 0 Å². The van der Waals surface area contributed by atoms with E-state index in [-0.39, 0.29) is 11.3 Å². The van der Waals surface area contributed by atoms with Crippen molar-refractivity contribution in [1.29, 1.82) is 0 Å². The molecule has 1 heterocycles. The molecule has 1 N–H and O–H groups in total. The Balaban J connectivity index is 1.49. The molecule has 0 saturated heterocycles. The van der Waals surface area contributed by atoms with Gasteiger partial charge in [0.05, 0.1) is 11.3 Å². The number of amides is 3. The number of ether oxygens (including phenoxy) is 1. The molecule has 0 unspecified atom stereocenters. The molecule has 1 aliphatic rings. The van der Waals surface area contributed by atoms with Gasteiger partial charge in [0.15, 0.2) is 6.61 Å². The van der Waals surface area contributed by atoms with Crippen LogP contribution in [0.5, 0.6) is 0 Å². The zero-order chi connectivity index (χ0) is 19.9. The van der Waals surface area contributed by atoms with Gasteiger partial charge in [-0.25, -0.2) is 9.69 Å².